The van der Waals surface area contributed by atoms with E-state index >= 15 is 0 Å². The number of likely N-dealkylation sites (N-methyl/N-ethyl adjacent to an activating group) is 1. The monoisotopic (exact) mass is 412 g/mol. The molecule has 0 aliphatic rings. The predicted octanol–water partition coefficient (Wildman–Crippen LogP) is 0.657. The minimum absolute atomic E-state index is 0.0580. The first-order chi connectivity index (χ1) is 14.3. The number of rotatable bonds is 9. The van der Waals surface area contributed by atoms with Gasteiger partial charge in [-0.15, -0.1) is 0 Å². The number of nitrogens with one attached hydrogen (secondary N) is 3. The first-order valence-corrected chi connectivity index (χ1v) is 9.88. The number of anilines is 1. The molecule has 2 atom stereocenters. The average Bonchev–Trinajstić information content (AvgIpc) is 2.70. The maximum absolute atomic E-state index is 12.5. The number of hydrogen-bond acceptors (Lipinski definition) is 4. The first-order valence-electron chi connectivity index (χ1n) is 9.88. The third-order valence-corrected chi connectivity index (χ3v) is 4.77. The Bertz CT molecular complexity index is 863. The lowest BCUT2D eigenvalue weighted by atomic mass is 10.1. The van der Waals surface area contributed by atoms with Crippen molar-refractivity contribution in [2.75, 3.05) is 32.6 Å². The second-order valence-corrected chi connectivity index (χ2v) is 7.46. The van der Waals surface area contributed by atoms with E-state index in [2.05, 4.69) is 10.6 Å². The second kappa shape index (κ2) is 11.1. The molecule has 0 saturated heterocycles. The van der Waals surface area contributed by atoms with Crippen molar-refractivity contribution in [3.8, 4) is 0 Å². The maximum atomic E-state index is 12.5. The number of quaternary nitrogens is 1. The SMILES string of the molecule is COC(=O)[C@@H](Cc1ccccc1)NC(=O)C[NH+](C)CC(=O)Nc1c(C)cccc1C. The van der Waals surface area contributed by atoms with Crippen LogP contribution in [0.5, 0.6) is 0 Å². The number of esters is 1. The molecule has 3 N–H and O–H groups in total. The van der Waals surface area contributed by atoms with Crippen LogP contribution in [0.2, 0.25) is 0 Å². The summed E-state index contributed by atoms with van der Waals surface area (Å²) in [5.74, 6) is -0.997. The molecule has 0 bridgehead atoms. The largest absolute Gasteiger partial charge is 0.467 e. The van der Waals surface area contributed by atoms with Gasteiger partial charge in [-0.05, 0) is 30.5 Å². The van der Waals surface area contributed by atoms with Crippen molar-refractivity contribution < 1.29 is 24.0 Å². The van der Waals surface area contributed by atoms with Crippen molar-refractivity contribution in [2.24, 2.45) is 0 Å². The van der Waals surface area contributed by atoms with Crippen LogP contribution in [0.3, 0.4) is 0 Å². The summed E-state index contributed by atoms with van der Waals surface area (Å²) in [7, 11) is 3.05. The topological polar surface area (TPSA) is 88.9 Å². The van der Waals surface area contributed by atoms with Crippen molar-refractivity contribution in [3.63, 3.8) is 0 Å². The number of para-hydroxylation sites is 1. The minimum atomic E-state index is -0.777. The zero-order valence-electron chi connectivity index (χ0n) is 18.0. The first kappa shape index (κ1) is 23.1. The van der Waals surface area contributed by atoms with Crippen molar-refractivity contribution in [2.45, 2.75) is 26.3 Å². The normalized spacial score (nSPS) is 12.5. The Morgan fingerprint density at radius 3 is 2.13 bits per heavy atom. The van der Waals surface area contributed by atoms with Gasteiger partial charge < -0.3 is 20.3 Å². The van der Waals surface area contributed by atoms with Gasteiger partial charge in [0, 0.05) is 12.1 Å². The number of hydrogen-bond donors (Lipinski definition) is 3. The van der Waals surface area contributed by atoms with Crippen molar-refractivity contribution >= 4 is 23.5 Å². The van der Waals surface area contributed by atoms with Gasteiger partial charge in [-0.2, -0.15) is 0 Å². The van der Waals surface area contributed by atoms with Gasteiger partial charge in [0.05, 0.1) is 14.2 Å². The second-order valence-electron chi connectivity index (χ2n) is 7.46. The highest BCUT2D eigenvalue weighted by Gasteiger charge is 2.24. The number of carbonyl (C=O) groups excluding carboxylic acids is 3. The summed E-state index contributed by atoms with van der Waals surface area (Å²) in [6.45, 7) is 4.06. The molecule has 160 valence electrons. The van der Waals surface area contributed by atoms with Gasteiger partial charge >= 0.3 is 5.97 Å². The van der Waals surface area contributed by atoms with E-state index < -0.39 is 12.0 Å². The molecule has 0 fully saturated rings. The summed E-state index contributed by atoms with van der Waals surface area (Å²) in [6, 6.07) is 14.4. The zero-order valence-corrected chi connectivity index (χ0v) is 18.0. The number of amides is 2. The maximum Gasteiger partial charge on any atom is 0.328 e. The average molecular weight is 413 g/mol. The Hall–Kier alpha value is -3.19. The Morgan fingerprint density at radius 2 is 1.53 bits per heavy atom. The number of methoxy groups -OCH3 is 1. The minimum Gasteiger partial charge on any atom is -0.467 e. The van der Waals surface area contributed by atoms with Crippen molar-refractivity contribution in [3.05, 3.63) is 65.2 Å². The summed E-state index contributed by atoms with van der Waals surface area (Å²) in [5, 5.41) is 5.64. The lowest BCUT2D eigenvalue weighted by Crippen LogP contribution is -3.11. The molecule has 1 unspecified atom stereocenters. The molecule has 0 aromatic heterocycles. The third-order valence-electron chi connectivity index (χ3n) is 4.77. The Labute approximate surface area is 177 Å². The van der Waals surface area contributed by atoms with E-state index in [-0.39, 0.29) is 24.9 Å². The molecule has 0 spiro atoms. The molecule has 2 rings (SSSR count). The number of benzene rings is 2. The van der Waals surface area contributed by atoms with Crippen molar-refractivity contribution in [1.29, 1.82) is 0 Å². The van der Waals surface area contributed by atoms with E-state index in [1.807, 2.05) is 62.4 Å². The molecular formula is C23H30N3O4+. The van der Waals surface area contributed by atoms with Crippen LogP contribution in [0, 0.1) is 13.8 Å². The molecule has 0 radical (unpaired) electrons. The molecule has 30 heavy (non-hydrogen) atoms. The van der Waals surface area contributed by atoms with Crippen molar-refractivity contribution in [1.82, 2.24) is 5.32 Å². The van der Waals surface area contributed by atoms with Gasteiger partial charge in [0.2, 0.25) is 0 Å². The molecule has 2 amide bonds. The fourth-order valence-electron chi connectivity index (χ4n) is 3.24. The molecule has 0 aliphatic heterocycles. The van der Waals surface area contributed by atoms with E-state index in [0.717, 1.165) is 22.4 Å². The molecule has 0 aliphatic carbocycles. The highest BCUT2D eigenvalue weighted by Crippen LogP contribution is 2.18. The van der Waals surface area contributed by atoms with Gasteiger partial charge in [-0.25, -0.2) is 4.79 Å². The lowest BCUT2D eigenvalue weighted by Gasteiger charge is -2.19. The molecule has 7 nitrogen and oxygen atoms in total. The molecule has 0 saturated carbocycles. The number of carbonyl (C=O) groups is 3. The van der Waals surface area contributed by atoms with Crippen LogP contribution in [0.25, 0.3) is 0 Å². The lowest BCUT2D eigenvalue weighted by molar-refractivity contribution is -0.862. The third kappa shape index (κ3) is 7.00. The van der Waals surface area contributed by atoms with E-state index in [1.54, 1.807) is 7.05 Å². The standard InChI is InChI=1S/C23H29N3O4/c1-16-9-8-10-17(2)22(16)25-21(28)15-26(3)14-20(27)24-19(23(29)30-4)13-18-11-6-5-7-12-18/h5-12,19H,13-15H2,1-4H3,(H,24,27)(H,25,28)/p+1/t19-/m1/s1. The van der Waals surface area contributed by atoms with Crippen LogP contribution < -0.4 is 15.5 Å². The molecule has 0 heterocycles. The molecule has 2 aromatic rings. The van der Waals surface area contributed by atoms with Crippen LogP contribution in [-0.4, -0.2) is 51.1 Å². The quantitative estimate of drug-likeness (QED) is 0.528. The van der Waals surface area contributed by atoms with Crippen LogP contribution >= 0.6 is 0 Å². The van der Waals surface area contributed by atoms with Crippen LogP contribution in [0.15, 0.2) is 48.5 Å². The number of ether oxygens (including phenoxy) is 1. The Kier molecular flexibility index (Phi) is 8.55. The van der Waals surface area contributed by atoms with E-state index in [0.29, 0.717) is 11.3 Å². The van der Waals surface area contributed by atoms with Crippen LogP contribution in [0.1, 0.15) is 16.7 Å². The highest BCUT2D eigenvalue weighted by atomic mass is 16.5. The highest BCUT2D eigenvalue weighted by molar-refractivity contribution is 5.93. The van der Waals surface area contributed by atoms with E-state index in [9.17, 15) is 14.4 Å². The van der Waals surface area contributed by atoms with Gasteiger partial charge in [0.25, 0.3) is 11.8 Å². The molecule has 7 heteroatoms. The van der Waals surface area contributed by atoms with E-state index in [4.69, 9.17) is 4.74 Å². The van der Waals surface area contributed by atoms with Gasteiger partial charge in [0.15, 0.2) is 13.1 Å². The van der Waals surface area contributed by atoms with Crippen LogP contribution in [0.4, 0.5) is 5.69 Å². The van der Waals surface area contributed by atoms with Crippen LogP contribution in [-0.2, 0) is 25.5 Å². The number of aryl methyl sites for hydroxylation is 2. The zero-order chi connectivity index (χ0) is 22.1. The fraction of sp³-hybridized carbons (Fsp3) is 0.348. The summed E-state index contributed by atoms with van der Waals surface area (Å²) >= 11 is 0. The summed E-state index contributed by atoms with van der Waals surface area (Å²) < 4.78 is 4.82. The van der Waals surface area contributed by atoms with Gasteiger partial charge in [0.1, 0.15) is 6.04 Å². The summed E-state index contributed by atoms with van der Waals surface area (Å²) in [4.78, 5) is 37.6. The van der Waals surface area contributed by atoms with E-state index in [1.165, 1.54) is 7.11 Å². The smallest absolute Gasteiger partial charge is 0.328 e. The molecule has 2 aromatic carbocycles. The summed E-state index contributed by atoms with van der Waals surface area (Å²) in [5.41, 5.74) is 3.69. The summed E-state index contributed by atoms with van der Waals surface area (Å²) in [6.07, 6.45) is 0.339. The van der Waals surface area contributed by atoms with Gasteiger partial charge in [-0.1, -0.05) is 48.5 Å². The molecular weight excluding hydrogens is 382 g/mol. The Balaban J connectivity index is 1.90. The predicted molar refractivity (Wildman–Crippen MR) is 115 cm³/mol. The van der Waals surface area contributed by atoms with Gasteiger partial charge in [-0.3, -0.25) is 9.59 Å². The Morgan fingerprint density at radius 1 is 0.933 bits per heavy atom. The fourth-order valence-corrected chi connectivity index (χ4v) is 3.24.